The van der Waals surface area contributed by atoms with Crippen molar-refractivity contribution < 1.29 is 9.53 Å². The average Bonchev–Trinajstić information content (AvgIpc) is 3.12. The van der Waals surface area contributed by atoms with Crippen molar-refractivity contribution in [2.45, 2.75) is 32.0 Å². The SMILES string of the molecule is COCc1ccccc1CNC(=O)c1ccn(C2CCCNC2)n1.Cl. The minimum atomic E-state index is -0.148. The molecule has 1 unspecified atom stereocenters. The lowest BCUT2D eigenvalue weighted by Crippen LogP contribution is -2.32. The second-order valence-corrected chi connectivity index (χ2v) is 6.07. The third-order valence-corrected chi connectivity index (χ3v) is 4.34. The predicted octanol–water partition coefficient (Wildman–Crippen LogP) is 2.31. The molecular weight excluding hydrogens is 340 g/mol. The highest BCUT2D eigenvalue weighted by atomic mass is 35.5. The number of ether oxygens (including phenoxy) is 1. The van der Waals surface area contributed by atoms with Crippen molar-refractivity contribution in [2.24, 2.45) is 0 Å². The van der Waals surface area contributed by atoms with E-state index >= 15 is 0 Å². The maximum atomic E-state index is 12.3. The van der Waals surface area contributed by atoms with Crippen molar-refractivity contribution in [1.82, 2.24) is 20.4 Å². The number of rotatable bonds is 6. The summed E-state index contributed by atoms with van der Waals surface area (Å²) >= 11 is 0. The summed E-state index contributed by atoms with van der Waals surface area (Å²) in [7, 11) is 1.67. The van der Waals surface area contributed by atoms with Crippen molar-refractivity contribution in [3.63, 3.8) is 0 Å². The summed E-state index contributed by atoms with van der Waals surface area (Å²) in [6, 6.07) is 10.1. The van der Waals surface area contributed by atoms with Gasteiger partial charge in [0.1, 0.15) is 5.69 Å². The number of halogens is 1. The van der Waals surface area contributed by atoms with E-state index in [1.165, 1.54) is 0 Å². The number of carbonyl (C=O) groups excluding carboxylic acids is 1. The van der Waals surface area contributed by atoms with Gasteiger partial charge in [-0.15, -0.1) is 12.4 Å². The summed E-state index contributed by atoms with van der Waals surface area (Å²) < 4.78 is 7.10. The Morgan fingerprint density at radius 2 is 2.16 bits per heavy atom. The Kier molecular flexibility index (Phi) is 7.43. The number of carbonyl (C=O) groups is 1. The zero-order valence-electron chi connectivity index (χ0n) is 14.4. The Hall–Kier alpha value is -1.89. The molecule has 0 aliphatic carbocycles. The van der Waals surface area contributed by atoms with Crippen LogP contribution in [0.2, 0.25) is 0 Å². The Morgan fingerprint density at radius 1 is 1.36 bits per heavy atom. The molecule has 1 aromatic heterocycles. The zero-order valence-corrected chi connectivity index (χ0v) is 15.2. The molecule has 3 rings (SSSR count). The Balaban J connectivity index is 0.00000225. The third-order valence-electron chi connectivity index (χ3n) is 4.34. The van der Waals surface area contributed by atoms with E-state index in [-0.39, 0.29) is 18.3 Å². The average molecular weight is 365 g/mol. The molecule has 1 aliphatic heterocycles. The molecule has 0 saturated carbocycles. The lowest BCUT2D eigenvalue weighted by Gasteiger charge is -2.22. The van der Waals surface area contributed by atoms with Crippen molar-refractivity contribution in [3.8, 4) is 0 Å². The van der Waals surface area contributed by atoms with E-state index in [0.29, 0.717) is 24.9 Å². The number of amides is 1. The van der Waals surface area contributed by atoms with Crippen LogP contribution in [0.25, 0.3) is 0 Å². The molecule has 0 radical (unpaired) electrons. The van der Waals surface area contributed by atoms with Gasteiger partial charge in [0.25, 0.3) is 5.91 Å². The number of nitrogens with zero attached hydrogens (tertiary/aromatic N) is 2. The smallest absolute Gasteiger partial charge is 0.272 e. The van der Waals surface area contributed by atoms with Gasteiger partial charge in [-0.25, -0.2) is 0 Å². The monoisotopic (exact) mass is 364 g/mol. The van der Waals surface area contributed by atoms with Crippen molar-refractivity contribution >= 4 is 18.3 Å². The highest BCUT2D eigenvalue weighted by Crippen LogP contribution is 2.16. The molecule has 6 nitrogen and oxygen atoms in total. The molecule has 2 heterocycles. The summed E-state index contributed by atoms with van der Waals surface area (Å²) in [6.45, 7) is 2.98. The highest BCUT2D eigenvalue weighted by Gasteiger charge is 2.17. The second-order valence-electron chi connectivity index (χ2n) is 6.07. The lowest BCUT2D eigenvalue weighted by atomic mass is 10.1. The number of benzene rings is 1. The van der Waals surface area contributed by atoms with Crippen LogP contribution in [0.5, 0.6) is 0 Å². The molecule has 136 valence electrons. The Morgan fingerprint density at radius 3 is 2.88 bits per heavy atom. The number of aromatic nitrogens is 2. The number of piperidine rings is 1. The van der Waals surface area contributed by atoms with E-state index in [0.717, 1.165) is 37.1 Å². The van der Waals surface area contributed by atoms with Crippen LogP contribution in [0.15, 0.2) is 36.5 Å². The van der Waals surface area contributed by atoms with Crippen LogP contribution in [0, 0.1) is 0 Å². The number of nitrogens with one attached hydrogen (secondary N) is 2. The van der Waals surface area contributed by atoms with Crippen molar-refractivity contribution in [2.75, 3.05) is 20.2 Å². The zero-order chi connectivity index (χ0) is 16.8. The Labute approximate surface area is 154 Å². The van der Waals surface area contributed by atoms with E-state index < -0.39 is 0 Å². The highest BCUT2D eigenvalue weighted by molar-refractivity contribution is 5.92. The predicted molar refractivity (Wildman–Crippen MR) is 98.9 cm³/mol. The summed E-state index contributed by atoms with van der Waals surface area (Å²) in [5.74, 6) is -0.148. The molecule has 2 aromatic rings. The van der Waals surface area contributed by atoms with Gasteiger partial charge < -0.3 is 15.4 Å². The quantitative estimate of drug-likeness (QED) is 0.825. The van der Waals surface area contributed by atoms with E-state index in [1.807, 2.05) is 35.1 Å². The molecule has 25 heavy (non-hydrogen) atoms. The largest absolute Gasteiger partial charge is 0.380 e. The molecule has 7 heteroatoms. The van der Waals surface area contributed by atoms with Gasteiger partial charge in [0.2, 0.25) is 0 Å². The summed E-state index contributed by atoms with van der Waals surface area (Å²) in [5, 5.41) is 10.8. The molecule has 1 aromatic carbocycles. The molecule has 0 spiro atoms. The molecule has 1 atom stereocenters. The van der Waals surface area contributed by atoms with Crippen molar-refractivity contribution in [3.05, 3.63) is 53.3 Å². The fourth-order valence-corrected chi connectivity index (χ4v) is 3.01. The first-order valence-corrected chi connectivity index (χ1v) is 8.37. The normalized spacial score (nSPS) is 16.9. The summed E-state index contributed by atoms with van der Waals surface area (Å²) in [5.41, 5.74) is 2.60. The van der Waals surface area contributed by atoms with Gasteiger partial charge in [0.15, 0.2) is 0 Å². The third kappa shape index (κ3) is 5.04. The number of hydrogen-bond donors (Lipinski definition) is 2. The topological polar surface area (TPSA) is 68.2 Å². The fraction of sp³-hybridized carbons (Fsp3) is 0.444. The minimum Gasteiger partial charge on any atom is -0.380 e. The van der Waals surface area contributed by atoms with E-state index in [4.69, 9.17) is 4.74 Å². The van der Waals surface area contributed by atoms with Crippen LogP contribution < -0.4 is 10.6 Å². The van der Waals surface area contributed by atoms with Crippen LogP contribution in [0.3, 0.4) is 0 Å². The van der Waals surface area contributed by atoms with E-state index in [2.05, 4.69) is 15.7 Å². The van der Waals surface area contributed by atoms with Crippen LogP contribution >= 0.6 is 12.4 Å². The molecule has 0 bridgehead atoms. The van der Waals surface area contributed by atoms with Crippen LogP contribution in [-0.2, 0) is 17.9 Å². The Bertz CT molecular complexity index is 683. The van der Waals surface area contributed by atoms with E-state index in [9.17, 15) is 4.79 Å². The fourth-order valence-electron chi connectivity index (χ4n) is 3.01. The standard InChI is InChI=1S/C18H24N4O2.ClH/c1-24-13-15-6-3-2-5-14(15)11-20-18(23)17-8-10-22(21-17)16-7-4-9-19-12-16;/h2-3,5-6,8,10,16,19H,4,7,9,11-13H2,1H3,(H,20,23);1H. The van der Waals surface area contributed by atoms with Gasteiger partial charge in [0, 0.05) is 26.4 Å². The summed E-state index contributed by atoms with van der Waals surface area (Å²) in [6.07, 6.45) is 4.13. The molecule has 1 saturated heterocycles. The van der Waals surface area contributed by atoms with Gasteiger partial charge in [-0.05, 0) is 36.6 Å². The van der Waals surface area contributed by atoms with Crippen molar-refractivity contribution in [1.29, 1.82) is 0 Å². The lowest BCUT2D eigenvalue weighted by molar-refractivity contribution is 0.0944. The van der Waals surface area contributed by atoms with Gasteiger partial charge in [-0.1, -0.05) is 24.3 Å². The van der Waals surface area contributed by atoms with Crippen LogP contribution in [0.4, 0.5) is 0 Å². The molecule has 1 fully saturated rings. The minimum absolute atomic E-state index is 0. The maximum Gasteiger partial charge on any atom is 0.272 e. The number of hydrogen-bond acceptors (Lipinski definition) is 4. The molecular formula is C18H25ClN4O2. The van der Waals surface area contributed by atoms with Gasteiger partial charge in [0.05, 0.1) is 12.6 Å². The molecule has 1 aliphatic rings. The second kappa shape index (κ2) is 9.56. The molecule has 1 amide bonds. The first kappa shape index (κ1) is 19.4. The summed E-state index contributed by atoms with van der Waals surface area (Å²) in [4.78, 5) is 12.3. The van der Waals surface area contributed by atoms with Crippen LogP contribution in [0.1, 0.15) is 40.5 Å². The number of methoxy groups -OCH3 is 1. The first-order valence-electron chi connectivity index (χ1n) is 8.37. The first-order chi connectivity index (χ1) is 11.8. The van der Waals surface area contributed by atoms with Gasteiger partial charge >= 0.3 is 0 Å². The van der Waals surface area contributed by atoms with Gasteiger partial charge in [-0.2, -0.15) is 5.10 Å². The van der Waals surface area contributed by atoms with E-state index in [1.54, 1.807) is 13.2 Å². The van der Waals surface area contributed by atoms with Crippen LogP contribution in [-0.4, -0.2) is 35.9 Å². The van der Waals surface area contributed by atoms with Gasteiger partial charge in [-0.3, -0.25) is 9.48 Å². The maximum absolute atomic E-state index is 12.3. The molecule has 2 N–H and O–H groups in total.